The summed E-state index contributed by atoms with van der Waals surface area (Å²) in [7, 11) is 0. The fraction of sp³-hybridized carbons (Fsp3) is 0.0476. The Morgan fingerprint density at radius 3 is 2.34 bits per heavy atom. The molecule has 0 saturated carbocycles. The van der Waals surface area contributed by atoms with Gasteiger partial charge in [-0.25, -0.2) is 4.79 Å². The summed E-state index contributed by atoms with van der Waals surface area (Å²) in [4.78, 5) is 35.6. The zero-order valence-electron chi connectivity index (χ0n) is 15.0. The lowest BCUT2D eigenvalue weighted by molar-refractivity contribution is -0.384. The molecule has 0 heterocycles. The molecule has 0 spiro atoms. The summed E-state index contributed by atoms with van der Waals surface area (Å²) in [6.45, 7) is 0.0352. The number of benzene rings is 3. The van der Waals surface area contributed by atoms with Gasteiger partial charge in [0.05, 0.1) is 21.2 Å². The number of non-ortho nitro benzene ring substituents is 1. The molecule has 0 fully saturated rings. The number of nitro groups is 1. The maximum absolute atomic E-state index is 12.9. The Hall–Kier alpha value is -3.71. The van der Waals surface area contributed by atoms with Crippen LogP contribution in [0, 0.1) is 10.1 Å². The molecule has 1 amide bonds. The van der Waals surface area contributed by atoms with Crippen LogP contribution in [0.3, 0.4) is 0 Å². The summed E-state index contributed by atoms with van der Waals surface area (Å²) in [5.41, 5.74) is 0.681. The highest BCUT2D eigenvalue weighted by Gasteiger charge is 2.21. The monoisotopic (exact) mass is 410 g/mol. The smallest absolute Gasteiger partial charge is 0.411 e. The van der Waals surface area contributed by atoms with Crippen molar-refractivity contribution in [3.05, 3.63) is 105 Å². The number of ketones is 1. The van der Waals surface area contributed by atoms with Gasteiger partial charge in [-0.3, -0.25) is 20.2 Å². The van der Waals surface area contributed by atoms with Crippen molar-refractivity contribution in [3.63, 3.8) is 0 Å². The van der Waals surface area contributed by atoms with Crippen LogP contribution in [0.4, 0.5) is 16.2 Å². The van der Waals surface area contributed by atoms with Crippen LogP contribution in [0.25, 0.3) is 0 Å². The Balaban J connectivity index is 1.86. The molecule has 0 aliphatic carbocycles. The molecule has 3 aromatic rings. The van der Waals surface area contributed by atoms with Gasteiger partial charge in [0.1, 0.15) is 6.61 Å². The van der Waals surface area contributed by atoms with Crippen molar-refractivity contribution < 1.29 is 19.2 Å². The molecule has 29 heavy (non-hydrogen) atoms. The molecule has 3 aromatic carbocycles. The number of rotatable bonds is 6. The van der Waals surface area contributed by atoms with Crippen molar-refractivity contribution in [2.24, 2.45) is 0 Å². The van der Waals surface area contributed by atoms with Gasteiger partial charge in [-0.2, -0.15) is 0 Å². The summed E-state index contributed by atoms with van der Waals surface area (Å²) < 4.78 is 5.15. The molecule has 146 valence electrons. The van der Waals surface area contributed by atoms with Crippen molar-refractivity contribution in [1.29, 1.82) is 0 Å². The molecule has 3 rings (SSSR count). The second-order valence-electron chi connectivity index (χ2n) is 5.98. The standard InChI is InChI=1S/C21H15ClN2O5/c22-18-9-5-4-8-16(18)20(25)17-12-15(24(27)28)10-11-19(17)23-21(26)29-13-14-6-2-1-3-7-14/h1-12H,13H2,(H,23,26). The first-order valence-corrected chi connectivity index (χ1v) is 8.89. The van der Waals surface area contributed by atoms with Crippen molar-refractivity contribution in [2.45, 2.75) is 6.61 Å². The number of carbonyl (C=O) groups is 2. The van der Waals surface area contributed by atoms with E-state index in [4.69, 9.17) is 16.3 Å². The number of hydrogen-bond donors (Lipinski definition) is 1. The number of nitro benzene ring substituents is 1. The van der Waals surface area contributed by atoms with E-state index in [0.29, 0.717) is 0 Å². The number of anilines is 1. The Bertz CT molecular complexity index is 1070. The molecule has 7 nitrogen and oxygen atoms in total. The Labute approximate surface area is 171 Å². The molecule has 8 heteroatoms. The summed E-state index contributed by atoms with van der Waals surface area (Å²) in [6, 6.07) is 18.9. The van der Waals surface area contributed by atoms with Gasteiger partial charge in [0.25, 0.3) is 5.69 Å². The highest BCUT2D eigenvalue weighted by molar-refractivity contribution is 6.35. The highest BCUT2D eigenvalue weighted by Crippen LogP contribution is 2.27. The first-order chi connectivity index (χ1) is 14.0. The van der Waals surface area contributed by atoms with Crippen LogP contribution in [0.1, 0.15) is 21.5 Å². The SMILES string of the molecule is O=C(Nc1ccc([N+](=O)[O-])cc1C(=O)c1ccccc1Cl)OCc1ccccc1. The number of halogens is 1. The van der Waals surface area contributed by atoms with E-state index in [1.165, 1.54) is 24.3 Å². The van der Waals surface area contributed by atoms with E-state index >= 15 is 0 Å². The Morgan fingerprint density at radius 2 is 1.66 bits per heavy atom. The molecular weight excluding hydrogens is 396 g/mol. The van der Waals surface area contributed by atoms with Gasteiger partial charge in [0, 0.05) is 17.7 Å². The fourth-order valence-electron chi connectivity index (χ4n) is 2.60. The number of nitrogens with zero attached hydrogens (tertiary/aromatic N) is 1. The van der Waals surface area contributed by atoms with E-state index in [1.54, 1.807) is 24.3 Å². The minimum atomic E-state index is -0.795. The first kappa shape index (κ1) is 20.0. The van der Waals surface area contributed by atoms with Crippen LogP contribution in [0.15, 0.2) is 72.8 Å². The van der Waals surface area contributed by atoms with Crippen molar-refractivity contribution >= 4 is 34.9 Å². The third-order valence-electron chi connectivity index (χ3n) is 4.03. The van der Waals surface area contributed by atoms with Crippen molar-refractivity contribution in [3.8, 4) is 0 Å². The molecule has 0 bridgehead atoms. The third kappa shape index (κ3) is 4.97. The van der Waals surface area contributed by atoms with E-state index in [0.717, 1.165) is 11.6 Å². The van der Waals surface area contributed by atoms with Gasteiger partial charge < -0.3 is 4.74 Å². The maximum Gasteiger partial charge on any atom is 0.411 e. The number of carbonyl (C=O) groups excluding carboxylic acids is 2. The largest absolute Gasteiger partial charge is 0.444 e. The van der Waals surface area contributed by atoms with E-state index in [2.05, 4.69) is 5.32 Å². The average Bonchev–Trinajstić information content (AvgIpc) is 2.73. The lowest BCUT2D eigenvalue weighted by Crippen LogP contribution is -2.16. The van der Waals surface area contributed by atoms with Gasteiger partial charge in [-0.15, -0.1) is 0 Å². The molecule has 0 saturated heterocycles. The summed E-state index contributed by atoms with van der Waals surface area (Å²) in [5.74, 6) is -0.558. The predicted octanol–water partition coefficient (Wildman–Crippen LogP) is 5.23. The molecule has 0 aromatic heterocycles. The Kier molecular flexibility index (Phi) is 6.21. The van der Waals surface area contributed by atoms with E-state index in [-0.39, 0.29) is 34.1 Å². The molecular formula is C21H15ClN2O5. The minimum Gasteiger partial charge on any atom is -0.444 e. The minimum absolute atomic E-state index is 0.0352. The topological polar surface area (TPSA) is 98.5 Å². The van der Waals surface area contributed by atoms with Crippen LogP contribution in [0.2, 0.25) is 5.02 Å². The highest BCUT2D eigenvalue weighted by atomic mass is 35.5. The maximum atomic E-state index is 12.9. The van der Waals surface area contributed by atoms with Crippen molar-refractivity contribution in [1.82, 2.24) is 0 Å². The van der Waals surface area contributed by atoms with Gasteiger partial charge in [0.15, 0.2) is 5.78 Å². The first-order valence-electron chi connectivity index (χ1n) is 8.51. The lowest BCUT2D eigenvalue weighted by Gasteiger charge is -2.12. The van der Waals surface area contributed by atoms with Crippen molar-refractivity contribution in [2.75, 3.05) is 5.32 Å². The van der Waals surface area contributed by atoms with Crippen LogP contribution in [-0.2, 0) is 11.3 Å². The molecule has 0 aliphatic heterocycles. The molecule has 0 radical (unpaired) electrons. The number of ether oxygens (including phenoxy) is 1. The summed E-state index contributed by atoms with van der Waals surface area (Å²) in [5, 5.41) is 13.8. The van der Waals surface area contributed by atoms with Gasteiger partial charge in [-0.05, 0) is 23.8 Å². The summed E-state index contributed by atoms with van der Waals surface area (Å²) >= 11 is 6.08. The fourth-order valence-corrected chi connectivity index (χ4v) is 2.82. The average molecular weight is 411 g/mol. The molecule has 1 N–H and O–H groups in total. The Morgan fingerprint density at radius 1 is 0.966 bits per heavy atom. The van der Waals surface area contributed by atoms with Crippen LogP contribution in [0.5, 0.6) is 0 Å². The summed E-state index contributed by atoms with van der Waals surface area (Å²) in [6.07, 6.45) is -0.795. The van der Waals surface area contributed by atoms with E-state index in [9.17, 15) is 19.7 Å². The third-order valence-corrected chi connectivity index (χ3v) is 4.36. The van der Waals surface area contributed by atoms with E-state index < -0.39 is 16.8 Å². The normalized spacial score (nSPS) is 10.2. The van der Waals surface area contributed by atoms with Crippen LogP contribution < -0.4 is 5.32 Å². The zero-order chi connectivity index (χ0) is 20.8. The van der Waals surface area contributed by atoms with Crippen LogP contribution in [-0.4, -0.2) is 16.8 Å². The van der Waals surface area contributed by atoms with Gasteiger partial charge >= 0.3 is 6.09 Å². The quantitative estimate of drug-likeness (QED) is 0.341. The van der Waals surface area contributed by atoms with Gasteiger partial charge in [0.2, 0.25) is 0 Å². The molecule has 0 atom stereocenters. The second kappa shape index (κ2) is 8.99. The second-order valence-corrected chi connectivity index (χ2v) is 6.39. The van der Waals surface area contributed by atoms with Crippen LogP contribution >= 0.6 is 11.6 Å². The van der Waals surface area contributed by atoms with E-state index in [1.807, 2.05) is 18.2 Å². The lowest BCUT2D eigenvalue weighted by atomic mass is 10.0. The number of amides is 1. The number of nitrogens with one attached hydrogen (secondary N) is 1. The predicted molar refractivity (Wildman–Crippen MR) is 108 cm³/mol. The number of hydrogen-bond acceptors (Lipinski definition) is 5. The molecule has 0 aliphatic rings. The molecule has 0 unspecified atom stereocenters. The zero-order valence-corrected chi connectivity index (χ0v) is 15.8. The van der Waals surface area contributed by atoms with Gasteiger partial charge in [-0.1, -0.05) is 54.1 Å².